The number of alkyl halides is 1. The van der Waals surface area contributed by atoms with Gasteiger partial charge in [0.25, 0.3) is 0 Å². The topological polar surface area (TPSA) is 30.7 Å². The summed E-state index contributed by atoms with van der Waals surface area (Å²) >= 11 is 3.72. The predicted molar refractivity (Wildman–Crippen MR) is 64.2 cm³/mol. The van der Waals surface area contributed by atoms with Crippen molar-refractivity contribution in [2.45, 2.75) is 50.4 Å². The van der Waals surface area contributed by atoms with Gasteiger partial charge in [0.2, 0.25) is 0 Å². The zero-order valence-corrected chi connectivity index (χ0v) is 10.9. The molecule has 4 heteroatoms. The van der Waals surface area contributed by atoms with Crippen LogP contribution in [-0.4, -0.2) is 19.8 Å². The van der Waals surface area contributed by atoms with E-state index in [4.69, 9.17) is 0 Å². The van der Waals surface area contributed by atoms with E-state index in [1.807, 2.05) is 4.68 Å². The van der Waals surface area contributed by atoms with Crippen LogP contribution in [0.15, 0.2) is 6.20 Å². The molecule has 0 amide bonds. The number of hydrogen-bond acceptors (Lipinski definition) is 2. The molecule has 1 aliphatic rings. The summed E-state index contributed by atoms with van der Waals surface area (Å²) in [6, 6.07) is 0. The highest BCUT2D eigenvalue weighted by atomic mass is 79.9. The highest BCUT2D eigenvalue weighted by molar-refractivity contribution is 9.09. The summed E-state index contributed by atoms with van der Waals surface area (Å²) in [6.45, 7) is 5.33. The number of halogens is 1. The van der Waals surface area contributed by atoms with Gasteiger partial charge in [0.15, 0.2) is 0 Å². The lowest BCUT2D eigenvalue weighted by Crippen LogP contribution is -2.21. The highest BCUT2D eigenvalue weighted by Gasteiger charge is 2.29. The minimum Gasteiger partial charge on any atom is -0.253 e. The highest BCUT2D eigenvalue weighted by Crippen LogP contribution is 2.39. The van der Waals surface area contributed by atoms with E-state index < -0.39 is 0 Å². The van der Waals surface area contributed by atoms with Gasteiger partial charge in [-0.05, 0) is 32.1 Å². The van der Waals surface area contributed by atoms with E-state index in [0.717, 1.165) is 12.5 Å². The van der Waals surface area contributed by atoms with Crippen LogP contribution in [-0.2, 0) is 6.54 Å². The number of hydrogen-bond donors (Lipinski definition) is 0. The molecule has 2 rings (SSSR count). The fraction of sp³-hybridized carbons (Fsp3) is 0.818. The van der Waals surface area contributed by atoms with Crippen molar-refractivity contribution in [1.29, 1.82) is 0 Å². The van der Waals surface area contributed by atoms with Crippen LogP contribution in [0.3, 0.4) is 0 Å². The molecule has 1 aromatic rings. The van der Waals surface area contributed by atoms with Gasteiger partial charge in [-0.2, -0.15) is 0 Å². The Morgan fingerprint density at radius 1 is 1.53 bits per heavy atom. The first-order valence-electron chi connectivity index (χ1n) is 5.74. The average Bonchev–Trinajstić information content (AvgIpc) is 2.70. The van der Waals surface area contributed by atoms with Crippen molar-refractivity contribution in [3.05, 3.63) is 11.9 Å². The Hall–Kier alpha value is -0.380. The molecular weight excluding hydrogens is 254 g/mol. The maximum atomic E-state index is 4.29. The lowest BCUT2D eigenvalue weighted by atomic mass is 9.79. The van der Waals surface area contributed by atoms with Gasteiger partial charge in [-0.15, -0.1) is 5.10 Å². The van der Waals surface area contributed by atoms with Gasteiger partial charge in [0.1, 0.15) is 0 Å². The van der Waals surface area contributed by atoms with Crippen LogP contribution in [0.5, 0.6) is 0 Å². The molecule has 0 spiro atoms. The summed E-state index contributed by atoms with van der Waals surface area (Å²) in [5, 5.41) is 8.41. The van der Waals surface area contributed by atoms with E-state index in [-0.39, 0.29) is 0 Å². The molecule has 0 bridgehead atoms. The molecule has 3 nitrogen and oxygen atoms in total. The van der Waals surface area contributed by atoms with Gasteiger partial charge in [-0.25, -0.2) is 0 Å². The number of aromatic nitrogens is 3. The summed E-state index contributed by atoms with van der Waals surface area (Å²) in [5.41, 5.74) is 1.17. The van der Waals surface area contributed by atoms with Gasteiger partial charge in [-0.1, -0.05) is 28.1 Å². The summed E-state index contributed by atoms with van der Waals surface area (Å²) in [6.07, 6.45) is 5.88. The molecule has 1 heterocycles. The molecule has 84 valence electrons. The Kier molecular flexibility index (Phi) is 3.44. The molecule has 0 radical (unpaired) electrons. The molecule has 1 saturated carbocycles. The average molecular weight is 272 g/mol. The first kappa shape index (κ1) is 11.1. The Bertz CT molecular complexity index is 323. The second-order valence-electron chi connectivity index (χ2n) is 4.49. The molecular formula is C11H18BrN3. The van der Waals surface area contributed by atoms with Crippen molar-refractivity contribution < 1.29 is 0 Å². The minimum absolute atomic E-state index is 0.587. The maximum Gasteiger partial charge on any atom is 0.0861 e. The first-order valence-corrected chi connectivity index (χ1v) is 6.66. The van der Waals surface area contributed by atoms with Gasteiger partial charge >= 0.3 is 0 Å². The molecule has 1 fully saturated rings. The van der Waals surface area contributed by atoms with Crippen molar-refractivity contribution >= 4 is 15.9 Å². The van der Waals surface area contributed by atoms with E-state index in [1.165, 1.54) is 25.0 Å². The van der Waals surface area contributed by atoms with Crippen molar-refractivity contribution in [3.63, 3.8) is 0 Å². The van der Waals surface area contributed by atoms with Crippen molar-refractivity contribution in [2.75, 3.05) is 0 Å². The summed E-state index contributed by atoms with van der Waals surface area (Å²) < 4.78 is 1.92. The SMILES string of the molecule is CCn1cc(C2CC(Br)CCC2C)nn1. The minimum atomic E-state index is 0.587. The van der Waals surface area contributed by atoms with Gasteiger partial charge in [0, 0.05) is 23.5 Å². The summed E-state index contributed by atoms with van der Waals surface area (Å²) in [7, 11) is 0. The lowest BCUT2D eigenvalue weighted by Gasteiger charge is -2.30. The van der Waals surface area contributed by atoms with E-state index in [2.05, 4.69) is 46.3 Å². The van der Waals surface area contributed by atoms with E-state index in [0.29, 0.717) is 10.7 Å². The Morgan fingerprint density at radius 3 is 3.00 bits per heavy atom. The Morgan fingerprint density at radius 2 is 2.33 bits per heavy atom. The number of nitrogens with zero attached hydrogens (tertiary/aromatic N) is 3. The molecule has 3 atom stereocenters. The molecule has 3 unspecified atom stereocenters. The van der Waals surface area contributed by atoms with Crippen LogP contribution in [0.4, 0.5) is 0 Å². The second-order valence-corrected chi connectivity index (χ2v) is 5.79. The van der Waals surface area contributed by atoms with E-state index in [9.17, 15) is 0 Å². The maximum absolute atomic E-state index is 4.29. The third kappa shape index (κ3) is 2.41. The first-order chi connectivity index (χ1) is 7.20. The van der Waals surface area contributed by atoms with Gasteiger partial charge in [-0.3, -0.25) is 4.68 Å². The third-order valence-electron chi connectivity index (χ3n) is 3.39. The summed E-state index contributed by atoms with van der Waals surface area (Å²) in [5.74, 6) is 1.32. The smallest absolute Gasteiger partial charge is 0.0861 e. The molecule has 1 aliphatic carbocycles. The molecule has 0 saturated heterocycles. The Labute approximate surface area is 99.4 Å². The van der Waals surface area contributed by atoms with Crippen LogP contribution in [0.2, 0.25) is 0 Å². The number of rotatable bonds is 2. The molecule has 0 N–H and O–H groups in total. The zero-order chi connectivity index (χ0) is 10.8. The van der Waals surface area contributed by atoms with Crippen molar-refractivity contribution in [3.8, 4) is 0 Å². The van der Waals surface area contributed by atoms with E-state index >= 15 is 0 Å². The lowest BCUT2D eigenvalue weighted by molar-refractivity contribution is 0.335. The second kappa shape index (κ2) is 4.64. The van der Waals surface area contributed by atoms with Crippen LogP contribution in [0.25, 0.3) is 0 Å². The fourth-order valence-electron chi connectivity index (χ4n) is 2.32. The third-order valence-corrected chi connectivity index (χ3v) is 4.22. The standard InChI is InChI=1S/C11H18BrN3/c1-3-15-7-11(13-14-15)10-6-9(12)5-4-8(10)2/h7-10H,3-6H2,1-2H3. The van der Waals surface area contributed by atoms with Crippen LogP contribution < -0.4 is 0 Å². The Balaban J connectivity index is 2.13. The fourth-order valence-corrected chi connectivity index (χ4v) is 2.99. The van der Waals surface area contributed by atoms with Crippen LogP contribution >= 0.6 is 15.9 Å². The van der Waals surface area contributed by atoms with Gasteiger partial charge in [0.05, 0.1) is 5.69 Å². The molecule has 1 aromatic heterocycles. The van der Waals surface area contributed by atoms with E-state index in [1.54, 1.807) is 0 Å². The predicted octanol–water partition coefficient (Wildman–Crippen LogP) is 2.97. The number of aryl methyl sites for hydroxylation is 1. The molecule has 0 aliphatic heterocycles. The molecule has 0 aromatic carbocycles. The molecule has 15 heavy (non-hydrogen) atoms. The largest absolute Gasteiger partial charge is 0.253 e. The monoisotopic (exact) mass is 271 g/mol. The van der Waals surface area contributed by atoms with Crippen molar-refractivity contribution in [1.82, 2.24) is 15.0 Å². The summed E-state index contributed by atoms with van der Waals surface area (Å²) in [4.78, 5) is 0.658. The van der Waals surface area contributed by atoms with Crippen LogP contribution in [0.1, 0.15) is 44.7 Å². The van der Waals surface area contributed by atoms with Gasteiger partial charge < -0.3 is 0 Å². The van der Waals surface area contributed by atoms with Crippen LogP contribution in [0, 0.1) is 5.92 Å². The normalized spacial score (nSPS) is 31.8. The van der Waals surface area contributed by atoms with Crippen molar-refractivity contribution in [2.24, 2.45) is 5.92 Å². The quantitative estimate of drug-likeness (QED) is 0.775. The zero-order valence-electron chi connectivity index (χ0n) is 9.36.